The van der Waals surface area contributed by atoms with Crippen molar-refractivity contribution in [3.05, 3.63) is 22.8 Å². The highest BCUT2D eigenvalue weighted by Crippen LogP contribution is 2.12. The zero-order valence-corrected chi connectivity index (χ0v) is 13.8. The molecule has 0 radical (unpaired) electrons. The van der Waals surface area contributed by atoms with Crippen LogP contribution >= 0.6 is 67.8 Å². The highest BCUT2D eigenvalue weighted by Gasteiger charge is 1.99. The Hall–Kier alpha value is 1.63. The van der Waals surface area contributed by atoms with E-state index in [0.29, 0.717) is 0 Å². The molecule has 1 rings (SSSR count). The van der Waals surface area contributed by atoms with Crippen molar-refractivity contribution in [2.24, 2.45) is 0 Å². The lowest BCUT2D eigenvalue weighted by Crippen LogP contribution is -2.11. The van der Waals surface area contributed by atoms with Crippen LogP contribution in [-0.2, 0) is 0 Å². The van der Waals surface area contributed by atoms with Gasteiger partial charge in [0.1, 0.15) is 0 Å². The van der Waals surface area contributed by atoms with Gasteiger partial charge < -0.3 is 0 Å². The Morgan fingerprint density at radius 3 is 1.80 bits per heavy atom. The molecule has 0 bridgehead atoms. The maximum Gasteiger partial charge on any atom is 0.0412 e. The molecule has 0 atom stereocenters. The van der Waals surface area contributed by atoms with Crippen molar-refractivity contribution in [3.8, 4) is 0 Å². The summed E-state index contributed by atoms with van der Waals surface area (Å²) in [6, 6.07) is 4.46. The zero-order valence-electron chi connectivity index (χ0n) is 5.29. The predicted molar refractivity (Wildman–Crippen MR) is 74.2 cm³/mol. The van der Waals surface area contributed by atoms with Gasteiger partial charge >= 0.3 is 0 Å². The minimum atomic E-state index is 1.16. The number of benzene rings is 1. The molecule has 10 heavy (non-hydrogen) atoms. The van der Waals surface area contributed by atoms with Gasteiger partial charge in [-0.1, -0.05) is 0 Å². The Morgan fingerprint density at radius 2 is 1.40 bits per heavy atom. The van der Waals surface area contributed by atoms with Gasteiger partial charge in [-0.25, -0.2) is 0 Å². The van der Waals surface area contributed by atoms with Gasteiger partial charge in [0, 0.05) is 21.0 Å². The van der Waals surface area contributed by atoms with E-state index in [1.807, 2.05) is 0 Å². The van der Waals surface area contributed by atoms with E-state index in [1.54, 1.807) is 0 Å². The Balaban J connectivity index is 3.31. The molecular formula is C6H5I3Si. The Bertz CT molecular complexity index is 236. The highest BCUT2D eigenvalue weighted by atomic mass is 127. The summed E-state index contributed by atoms with van der Waals surface area (Å²) in [4.78, 5) is 0. The fourth-order valence-corrected chi connectivity index (χ4v) is 4.49. The highest BCUT2D eigenvalue weighted by molar-refractivity contribution is 14.1. The second kappa shape index (κ2) is 4.03. The van der Waals surface area contributed by atoms with Gasteiger partial charge in [0.25, 0.3) is 0 Å². The quantitative estimate of drug-likeness (QED) is 0.386. The molecule has 0 unspecified atom stereocenters. The number of hydrogen-bond donors (Lipinski definition) is 0. The van der Waals surface area contributed by atoms with Gasteiger partial charge in [0.2, 0.25) is 0 Å². The fraction of sp³-hybridized carbons (Fsp3) is 0. The van der Waals surface area contributed by atoms with Crippen LogP contribution < -0.4 is 5.19 Å². The number of hydrogen-bond acceptors (Lipinski definition) is 0. The van der Waals surface area contributed by atoms with Crippen LogP contribution in [0.3, 0.4) is 0 Å². The SMILES string of the molecule is [SiH3]c1c(I)cc(I)cc1I. The van der Waals surface area contributed by atoms with E-state index in [4.69, 9.17) is 0 Å². The molecule has 0 aromatic heterocycles. The van der Waals surface area contributed by atoms with Crippen LogP contribution in [0.5, 0.6) is 0 Å². The van der Waals surface area contributed by atoms with Gasteiger partial charge in [0.15, 0.2) is 0 Å². The average Bonchev–Trinajstić information content (AvgIpc) is 1.82. The van der Waals surface area contributed by atoms with Crippen LogP contribution in [0.25, 0.3) is 0 Å². The molecule has 54 valence electrons. The second-order valence-corrected chi connectivity index (χ2v) is 6.56. The van der Waals surface area contributed by atoms with Crippen molar-refractivity contribution in [2.45, 2.75) is 0 Å². The van der Waals surface area contributed by atoms with E-state index in [-0.39, 0.29) is 0 Å². The molecule has 0 fully saturated rings. The van der Waals surface area contributed by atoms with Gasteiger partial charge in [-0.3, -0.25) is 0 Å². The van der Waals surface area contributed by atoms with Gasteiger partial charge in [-0.05, 0) is 85.1 Å². The van der Waals surface area contributed by atoms with Crippen LogP contribution in [0, 0.1) is 10.7 Å². The summed E-state index contributed by atoms with van der Waals surface area (Å²) in [7, 11) is 1.16. The van der Waals surface area contributed by atoms with Crippen molar-refractivity contribution < 1.29 is 0 Å². The first-order chi connectivity index (χ1) is 4.61. The molecule has 1 aromatic rings. The summed E-state index contributed by atoms with van der Waals surface area (Å²) < 4.78 is 4.17. The largest absolute Gasteiger partial charge is 0.0446 e. The maximum atomic E-state index is 2.40. The molecule has 4 heteroatoms. The normalized spacial score (nSPS) is 10.3. The molecule has 0 aliphatic carbocycles. The Kier molecular flexibility index (Phi) is 3.92. The first-order valence-electron chi connectivity index (χ1n) is 2.72. The van der Waals surface area contributed by atoms with E-state index < -0.39 is 0 Å². The number of rotatable bonds is 0. The van der Waals surface area contributed by atoms with E-state index in [2.05, 4.69) is 79.9 Å². The summed E-state index contributed by atoms with van der Waals surface area (Å²) in [5, 5.41) is 1.53. The molecule has 0 saturated heterocycles. The molecule has 0 aliphatic rings. The smallest absolute Gasteiger partial charge is 0.0412 e. The molecule has 0 amide bonds. The van der Waals surface area contributed by atoms with Crippen molar-refractivity contribution in [1.29, 1.82) is 0 Å². The molecule has 0 nitrogen and oxygen atoms in total. The standard InChI is InChI=1S/C6H5I3Si/c7-3-1-4(8)6(10)5(9)2-3/h1-2H,10H3. The third kappa shape index (κ3) is 2.31. The van der Waals surface area contributed by atoms with E-state index in [1.165, 1.54) is 15.9 Å². The maximum absolute atomic E-state index is 2.40. The van der Waals surface area contributed by atoms with Crippen LogP contribution in [0.4, 0.5) is 0 Å². The van der Waals surface area contributed by atoms with Crippen LogP contribution in [-0.4, -0.2) is 10.2 Å². The van der Waals surface area contributed by atoms with Crippen LogP contribution in [0.15, 0.2) is 12.1 Å². The molecule has 0 heterocycles. The first kappa shape index (κ1) is 9.71. The van der Waals surface area contributed by atoms with Crippen LogP contribution in [0.2, 0.25) is 0 Å². The lowest BCUT2D eigenvalue weighted by Gasteiger charge is -2.01. The van der Waals surface area contributed by atoms with Gasteiger partial charge in [0.05, 0.1) is 0 Å². The Labute approximate surface area is 104 Å². The topological polar surface area (TPSA) is 0 Å². The van der Waals surface area contributed by atoms with Gasteiger partial charge in [-0.2, -0.15) is 0 Å². The summed E-state index contributed by atoms with van der Waals surface area (Å²) in [5.41, 5.74) is 0. The van der Waals surface area contributed by atoms with Crippen molar-refractivity contribution >= 4 is 83.2 Å². The summed E-state index contributed by atoms with van der Waals surface area (Å²) >= 11 is 7.16. The minimum Gasteiger partial charge on any atom is -0.0446 e. The molecular weight excluding hydrogens is 481 g/mol. The molecule has 0 N–H and O–H groups in total. The van der Waals surface area contributed by atoms with Crippen molar-refractivity contribution in [1.82, 2.24) is 0 Å². The molecule has 1 aromatic carbocycles. The van der Waals surface area contributed by atoms with Crippen molar-refractivity contribution in [2.75, 3.05) is 0 Å². The molecule has 0 spiro atoms. The summed E-state index contributed by atoms with van der Waals surface area (Å²) in [6.07, 6.45) is 0. The number of halogens is 3. The van der Waals surface area contributed by atoms with Gasteiger partial charge in [-0.15, -0.1) is 0 Å². The third-order valence-corrected chi connectivity index (χ3v) is 7.22. The average molecular weight is 486 g/mol. The first-order valence-corrected chi connectivity index (χ1v) is 6.96. The molecule has 0 aliphatic heterocycles. The van der Waals surface area contributed by atoms with E-state index in [9.17, 15) is 0 Å². The Morgan fingerprint density at radius 1 is 1.00 bits per heavy atom. The summed E-state index contributed by atoms with van der Waals surface area (Å²) in [6.45, 7) is 0. The van der Waals surface area contributed by atoms with Crippen LogP contribution in [0.1, 0.15) is 0 Å². The molecule has 0 saturated carbocycles. The zero-order chi connectivity index (χ0) is 7.72. The third-order valence-electron chi connectivity index (χ3n) is 1.25. The summed E-state index contributed by atoms with van der Waals surface area (Å²) in [5.74, 6) is 0. The van der Waals surface area contributed by atoms with E-state index in [0.717, 1.165) is 10.2 Å². The minimum absolute atomic E-state index is 1.16. The second-order valence-electron chi connectivity index (χ2n) is 1.99. The van der Waals surface area contributed by atoms with Crippen molar-refractivity contribution in [3.63, 3.8) is 0 Å². The lowest BCUT2D eigenvalue weighted by atomic mass is 10.4. The lowest BCUT2D eigenvalue weighted by molar-refractivity contribution is 1.60. The predicted octanol–water partition coefficient (Wildman–Crippen LogP) is 1.49. The monoisotopic (exact) mass is 486 g/mol. The fourth-order valence-electron chi connectivity index (χ4n) is 0.614. The van der Waals surface area contributed by atoms with E-state index >= 15 is 0 Å².